The monoisotopic (exact) mass is 236 g/mol. The van der Waals surface area contributed by atoms with Crippen molar-refractivity contribution in [3.8, 4) is 0 Å². The molecule has 0 aliphatic heterocycles. The van der Waals surface area contributed by atoms with E-state index in [2.05, 4.69) is 20.8 Å². The van der Waals surface area contributed by atoms with Crippen LogP contribution in [-0.2, 0) is 5.60 Å². The molecule has 1 fully saturated rings. The van der Waals surface area contributed by atoms with Crippen molar-refractivity contribution in [2.24, 2.45) is 11.3 Å². The summed E-state index contributed by atoms with van der Waals surface area (Å²) in [7, 11) is 0. The van der Waals surface area contributed by atoms with Gasteiger partial charge < -0.3 is 9.52 Å². The zero-order valence-corrected chi connectivity index (χ0v) is 11.2. The van der Waals surface area contributed by atoms with Crippen LogP contribution in [0.4, 0.5) is 0 Å². The molecule has 2 rings (SSSR count). The van der Waals surface area contributed by atoms with E-state index in [1.807, 2.05) is 6.07 Å². The first kappa shape index (κ1) is 12.7. The maximum Gasteiger partial charge on any atom is 0.0963 e. The van der Waals surface area contributed by atoms with Crippen molar-refractivity contribution in [1.82, 2.24) is 0 Å². The molecule has 2 nitrogen and oxygen atoms in total. The molecular formula is C15H24O2. The van der Waals surface area contributed by atoms with E-state index in [1.165, 1.54) is 6.42 Å². The molecule has 0 saturated heterocycles. The predicted octanol–water partition coefficient (Wildman–Crippen LogP) is 4.09. The first-order valence-corrected chi connectivity index (χ1v) is 6.73. The summed E-state index contributed by atoms with van der Waals surface area (Å²) in [6.07, 6.45) is 8.49. The Bertz CT molecular complexity index is 343. The Balaban J connectivity index is 2.03. The summed E-state index contributed by atoms with van der Waals surface area (Å²) in [4.78, 5) is 0. The fourth-order valence-electron chi connectivity index (χ4n) is 2.98. The van der Waals surface area contributed by atoms with E-state index in [4.69, 9.17) is 4.42 Å². The Labute approximate surface area is 104 Å². The van der Waals surface area contributed by atoms with E-state index in [0.29, 0.717) is 5.41 Å². The van der Waals surface area contributed by atoms with Crippen molar-refractivity contribution in [2.75, 3.05) is 0 Å². The van der Waals surface area contributed by atoms with Crippen LogP contribution in [0.2, 0.25) is 0 Å². The van der Waals surface area contributed by atoms with E-state index >= 15 is 0 Å². The van der Waals surface area contributed by atoms with Crippen LogP contribution in [0, 0.1) is 11.3 Å². The van der Waals surface area contributed by atoms with Gasteiger partial charge in [-0.3, -0.25) is 0 Å². The molecule has 17 heavy (non-hydrogen) atoms. The molecule has 1 N–H and O–H groups in total. The van der Waals surface area contributed by atoms with Crippen LogP contribution in [0.5, 0.6) is 0 Å². The molecule has 0 bridgehead atoms. The van der Waals surface area contributed by atoms with E-state index in [0.717, 1.165) is 37.2 Å². The van der Waals surface area contributed by atoms with Crippen molar-refractivity contribution < 1.29 is 9.52 Å². The van der Waals surface area contributed by atoms with E-state index in [1.54, 1.807) is 12.5 Å². The van der Waals surface area contributed by atoms with Gasteiger partial charge in [-0.1, -0.05) is 27.2 Å². The van der Waals surface area contributed by atoms with Crippen molar-refractivity contribution in [3.05, 3.63) is 24.2 Å². The largest absolute Gasteiger partial charge is 0.472 e. The first-order chi connectivity index (χ1) is 7.98. The van der Waals surface area contributed by atoms with Crippen LogP contribution in [0.1, 0.15) is 58.4 Å². The summed E-state index contributed by atoms with van der Waals surface area (Å²) >= 11 is 0. The topological polar surface area (TPSA) is 33.4 Å². The zero-order chi connectivity index (χ0) is 12.5. The second-order valence-corrected chi connectivity index (χ2v) is 6.16. The number of rotatable bonds is 3. The lowest BCUT2D eigenvalue weighted by atomic mass is 9.65. The van der Waals surface area contributed by atoms with Gasteiger partial charge in [0, 0.05) is 5.56 Å². The van der Waals surface area contributed by atoms with Crippen molar-refractivity contribution in [3.63, 3.8) is 0 Å². The quantitative estimate of drug-likeness (QED) is 0.857. The predicted molar refractivity (Wildman–Crippen MR) is 68.6 cm³/mol. The van der Waals surface area contributed by atoms with Crippen LogP contribution in [0.25, 0.3) is 0 Å². The van der Waals surface area contributed by atoms with E-state index in [-0.39, 0.29) is 0 Å². The summed E-state index contributed by atoms with van der Waals surface area (Å²) in [6.45, 7) is 6.96. The first-order valence-electron chi connectivity index (χ1n) is 6.73. The molecule has 1 heterocycles. The SMILES string of the molecule is CCC(C)(C)C1CCC(O)(c2ccoc2)CC1. The van der Waals surface area contributed by atoms with Crippen LogP contribution in [0.15, 0.2) is 23.0 Å². The average Bonchev–Trinajstić information content (AvgIpc) is 2.84. The molecule has 1 aromatic heterocycles. The minimum atomic E-state index is -0.646. The van der Waals surface area contributed by atoms with E-state index in [9.17, 15) is 5.11 Å². The van der Waals surface area contributed by atoms with Gasteiger partial charge in [0.1, 0.15) is 0 Å². The zero-order valence-electron chi connectivity index (χ0n) is 11.2. The molecule has 1 aliphatic carbocycles. The van der Waals surface area contributed by atoms with E-state index < -0.39 is 5.60 Å². The smallest absolute Gasteiger partial charge is 0.0963 e. The summed E-state index contributed by atoms with van der Waals surface area (Å²) in [6, 6.07) is 1.89. The lowest BCUT2D eigenvalue weighted by Crippen LogP contribution is -2.36. The van der Waals surface area contributed by atoms with Gasteiger partial charge in [0.25, 0.3) is 0 Å². The summed E-state index contributed by atoms with van der Waals surface area (Å²) < 4.78 is 5.09. The van der Waals surface area contributed by atoms with Gasteiger partial charge in [-0.15, -0.1) is 0 Å². The molecule has 1 aliphatic rings. The molecule has 0 radical (unpaired) electrons. The lowest BCUT2D eigenvalue weighted by Gasteiger charge is -2.42. The highest BCUT2D eigenvalue weighted by Crippen LogP contribution is 2.46. The summed E-state index contributed by atoms with van der Waals surface area (Å²) in [5, 5.41) is 10.6. The third-order valence-corrected chi connectivity index (χ3v) is 4.89. The maximum absolute atomic E-state index is 10.6. The highest BCUT2D eigenvalue weighted by Gasteiger charge is 2.39. The summed E-state index contributed by atoms with van der Waals surface area (Å²) in [5.74, 6) is 0.736. The molecule has 2 heteroatoms. The molecule has 0 unspecified atom stereocenters. The number of hydrogen-bond donors (Lipinski definition) is 1. The van der Waals surface area contributed by atoms with Crippen LogP contribution in [0.3, 0.4) is 0 Å². The Morgan fingerprint density at radius 1 is 1.41 bits per heavy atom. The molecule has 0 atom stereocenters. The number of furan rings is 1. The van der Waals surface area contributed by atoms with Gasteiger partial charge in [-0.05, 0) is 43.1 Å². The maximum atomic E-state index is 10.6. The minimum Gasteiger partial charge on any atom is -0.472 e. The van der Waals surface area contributed by atoms with Gasteiger partial charge in [-0.25, -0.2) is 0 Å². The number of hydrogen-bond acceptors (Lipinski definition) is 2. The molecule has 0 aromatic carbocycles. The molecule has 1 aromatic rings. The average molecular weight is 236 g/mol. The van der Waals surface area contributed by atoms with Gasteiger partial charge in [0.2, 0.25) is 0 Å². The third kappa shape index (κ3) is 2.42. The van der Waals surface area contributed by atoms with Crippen LogP contribution < -0.4 is 0 Å². The lowest BCUT2D eigenvalue weighted by molar-refractivity contribution is -0.0331. The van der Waals surface area contributed by atoms with Crippen LogP contribution >= 0.6 is 0 Å². The molecule has 0 spiro atoms. The molecular weight excluding hydrogens is 212 g/mol. The van der Waals surface area contributed by atoms with Gasteiger partial charge in [0.15, 0.2) is 0 Å². The van der Waals surface area contributed by atoms with Gasteiger partial charge in [-0.2, -0.15) is 0 Å². The normalized spacial score (nSPS) is 30.5. The molecule has 96 valence electrons. The van der Waals surface area contributed by atoms with Gasteiger partial charge >= 0.3 is 0 Å². The summed E-state index contributed by atoms with van der Waals surface area (Å²) in [5.41, 5.74) is 0.704. The highest BCUT2D eigenvalue weighted by molar-refractivity contribution is 5.17. The Morgan fingerprint density at radius 2 is 2.06 bits per heavy atom. The van der Waals surface area contributed by atoms with Crippen molar-refractivity contribution in [2.45, 2.75) is 58.5 Å². The fraction of sp³-hybridized carbons (Fsp3) is 0.733. The molecule has 1 saturated carbocycles. The standard InChI is InChI=1S/C15H24O2/c1-4-14(2,3)12-5-8-15(16,9-6-12)13-7-10-17-11-13/h7,10-12,16H,4-6,8-9H2,1-3H3. The van der Waals surface area contributed by atoms with Crippen LogP contribution in [-0.4, -0.2) is 5.11 Å². The minimum absolute atomic E-state index is 0.401. The highest BCUT2D eigenvalue weighted by atomic mass is 16.3. The Kier molecular flexibility index (Phi) is 3.35. The van der Waals surface area contributed by atoms with Crippen molar-refractivity contribution in [1.29, 1.82) is 0 Å². The number of aliphatic hydroxyl groups is 1. The Morgan fingerprint density at radius 3 is 2.53 bits per heavy atom. The van der Waals surface area contributed by atoms with Crippen molar-refractivity contribution >= 4 is 0 Å². The second-order valence-electron chi connectivity index (χ2n) is 6.16. The van der Waals surface area contributed by atoms with Gasteiger partial charge in [0.05, 0.1) is 18.1 Å². The molecule has 0 amide bonds. The Hall–Kier alpha value is -0.760. The third-order valence-electron chi connectivity index (χ3n) is 4.89. The fourth-order valence-corrected chi connectivity index (χ4v) is 2.98. The second kappa shape index (κ2) is 4.49.